The molecule has 1 aliphatic carbocycles. The summed E-state index contributed by atoms with van der Waals surface area (Å²) < 4.78 is 11.6. The molecule has 1 unspecified atom stereocenters. The molecule has 2 aliphatic rings. The lowest BCUT2D eigenvalue weighted by molar-refractivity contribution is 0.0558. The van der Waals surface area contributed by atoms with Gasteiger partial charge in [-0.2, -0.15) is 0 Å². The molecule has 2 aromatic carbocycles. The zero-order valence-electron chi connectivity index (χ0n) is 17.0. The van der Waals surface area contributed by atoms with Crippen molar-refractivity contribution in [1.29, 1.82) is 0 Å². The van der Waals surface area contributed by atoms with E-state index in [0.717, 1.165) is 25.7 Å². The minimum atomic E-state index is -0.640. The first-order valence-electron chi connectivity index (χ1n) is 10.3. The van der Waals surface area contributed by atoms with Gasteiger partial charge >= 0.3 is 0 Å². The Morgan fingerprint density at radius 1 is 1.13 bits per heavy atom. The molecule has 0 bridgehead atoms. The van der Waals surface area contributed by atoms with Crippen LogP contribution in [0.2, 0.25) is 0 Å². The first-order chi connectivity index (χ1) is 14.5. The monoisotopic (exact) mass is 410 g/mol. The number of benzene rings is 2. The van der Waals surface area contributed by atoms with Crippen molar-refractivity contribution in [3.05, 3.63) is 53.1 Å². The molecule has 1 atom stereocenters. The molecule has 0 saturated heterocycles. The zero-order valence-corrected chi connectivity index (χ0v) is 17.0. The first-order valence-corrected chi connectivity index (χ1v) is 10.3. The summed E-state index contributed by atoms with van der Waals surface area (Å²) in [5, 5.41) is 9.67. The number of aliphatic hydroxyl groups excluding tert-OH is 1. The van der Waals surface area contributed by atoms with E-state index in [9.17, 15) is 14.7 Å². The van der Waals surface area contributed by atoms with E-state index in [0.29, 0.717) is 22.6 Å². The smallest absolute Gasteiger partial charge is 0.264 e. The van der Waals surface area contributed by atoms with Crippen LogP contribution >= 0.6 is 0 Å². The number of nitrogens with two attached hydrogens (primary N) is 1. The highest BCUT2D eigenvalue weighted by Gasteiger charge is 2.41. The van der Waals surface area contributed by atoms with Gasteiger partial charge in [-0.1, -0.05) is 12.1 Å². The average molecular weight is 410 g/mol. The molecule has 2 amide bonds. The molecule has 1 fully saturated rings. The SMILES string of the molecule is COc1ccc(C(CCO)N2C(=O)c3cccc(N)c3C2=O)cc1OC1CCCC1. The lowest BCUT2D eigenvalue weighted by Crippen LogP contribution is -2.34. The van der Waals surface area contributed by atoms with Crippen LogP contribution in [-0.2, 0) is 0 Å². The molecule has 158 valence electrons. The highest BCUT2D eigenvalue weighted by molar-refractivity contribution is 6.23. The largest absolute Gasteiger partial charge is 0.493 e. The van der Waals surface area contributed by atoms with Crippen molar-refractivity contribution in [3.63, 3.8) is 0 Å². The highest BCUT2D eigenvalue weighted by Crippen LogP contribution is 2.39. The van der Waals surface area contributed by atoms with Crippen LogP contribution in [0.4, 0.5) is 5.69 Å². The van der Waals surface area contributed by atoms with Gasteiger partial charge in [-0.3, -0.25) is 14.5 Å². The summed E-state index contributed by atoms with van der Waals surface area (Å²) >= 11 is 0. The molecule has 4 rings (SSSR count). The second-order valence-corrected chi connectivity index (χ2v) is 7.71. The molecular formula is C23H26N2O5. The Kier molecular flexibility index (Phi) is 5.63. The van der Waals surface area contributed by atoms with E-state index in [1.807, 2.05) is 6.07 Å². The number of hydrogen-bond acceptors (Lipinski definition) is 6. The Morgan fingerprint density at radius 3 is 2.57 bits per heavy atom. The Morgan fingerprint density at radius 2 is 1.90 bits per heavy atom. The van der Waals surface area contributed by atoms with Gasteiger partial charge in [-0.05, 0) is 61.9 Å². The average Bonchev–Trinajstić information content (AvgIpc) is 3.34. The summed E-state index contributed by atoms with van der Waals surface area (Å²) in [6.45, 7) is -0.182. The number of carbonyl (C=O) groups excluding carboxylic acids is 2. The number of rotatable bonds is 7. The minimum absolute atomic E-state index is 0.129. The van der Waals surface area contributed by atoms with Gasteiger partial charge in [0.15, 0.2) is 11.5 Å². The summed E-state index contributed by atoms with van der Waals surface area (Å²) in [7, 11) is 1.58. The van der Waals surface area contributed by atoms with Gasteiger partial charge < -0.3 is 20.3 Å². The third-order valence-corrected chi connectivity index (χ3v) is 5.86. The van der Waals surface area contributed by atoms with Crippen molar-refractivity contribution in [2.75, 3.05) is 19.5 Å². The molecule has 1 heterocycles. The number of hydrogen-bond donors (Lipinski definition) is 2. The highest BCUT2D eigenvalue weighted by atomic mass is 16.5. The van der Waals surface area contributed by atoms with Gasteiger partial charge in [0.2, 0.25) is 0 Å². The Balaban J connectivity index is 1.70. The molecule has 7 heteroatoms. The van der Waals surface area contributed by atoms with Crippen LogP contribution in [0.1, 0.15) is 64.4 Å². The van der Waals surface area contributed by atoms with E-state index >= 15 is 0 Å². The van der Waals surface area contributed by atoms with Crippen LogP contribution in [-0.4, -0.2) is 41.6 Å². The summed E-state index contributed by atoms with van der Waals surface area (Å²) in [4.78, 5) is 27.3. The number of aliphatic hydroxyl groups is 1. The van der Waals surface area contributed by atoms with E-state index in [-0.39, 0.29) is 30.4 Å². The maximum absolute atomic E-state index is 13.1. The van der Waals surface area contributed by atoms with Crippen LogP contribution in [0, 0.1) is 0 Å². The molecule has 0 radical (unpaired) electrons. The van der Waals surface area contributed by atoms with E-state index in [1.165, 1.54) is 4.90 Å². The van der Waals surface area contributed by atoms with E-state index < -0.39 is 17.9 Å². The maximum Gasteiger partial charge on any atom is 0.264 e. The van der Waals surface area contributed by atoms with Crippen molar-refractivity contribution >= 4 is 17.5 Å². The molecule has 0 aromatic heterocycles. The number of ether oxygens (including phenoxy) is 2. The van der Waals surface area contributed by atoms with E-state index in [2.05, 4.69) is 0 Å². The third kappa shape index (κ3) is 3.50. The van der Waals surface area contributed by atoms with Gasteiger partial charge in [0.1, 0.15) is 0 Å². The molecule has 0 spiro atoms. The van der Waals surface area contributed by atoms with Crippen LogP contribution in [0.25, 0.3) is 0 Å². The van der Waals surface area contributed by atoms with Gasteiger partial charge in [-0.15, -0.1) is 0 Å². The van der Waals surface area contributed by atoms with Crippen molar-refractivity contribution < 1.29 is 24.2 Å². The predicted molar refractivity (Wildman–Crippen MR) is 112 cm³/mol. The Bertz CT molecular complexity index is 968. The van der Waals surface area contributed by atoms with E-state index in [4.69, 9.17) is 15.2 Å². The fraction of sp³-hybridized carbons (Fsp3) is 0.391. The summed E-state index contributed by atoms with van der Waals surface area (Å²) in [6.07, 6.45) is 4.59. The maximum atomic E-state index is 13.1. The lowest BCUT2D eigenvalue weighted by atomic mass is 10.0. The fourth-order valence-electron chi connectivity index (χ4n) is 4.36. The van der Waals surface area contributed by atoms with E-state index in [1.54, 1.807) is 37.4 Å². The summed E-state index contributed by atoms with van der Waals surface area (Å²) in [5.74, 6) is 0.330. The number of imide groups is 1. The summed E-state index contributed by atoms with van der Waals surface area (Å²) in [5.41, 5.74) is 7.46. The van der Waals surface area contributed by atoms with Crippen LogP contribution in [0.3, 0.4) is 0 Å². The molecule has 7 nitrogen and oxygen atoms in total. The van der Waals surface area contributed by atoms with Gasteiger partial charge in [0.05, 0.1) is 30.4 Å². The van der Waals surface area contributed by atoms with Crippen molar-refractivity contribution in [2.45, 2.75) is 44.2 Å². The zero-order chi connectivity index (χ0) is 21.3. The van der Waals surface area contributed by atoms with Crippen LogP contribution < -0.4 is 15.2 Å². The first kappa shape index (κ1) is 20.2. The molecule has 30 heavy (non-hydrogen) atoms. The Labute approximate surface area is 175 Å². The number of fused-ring (bicyclic) bond motifs is 1. The fourth-order valence-corrected chi connectivity index (χ4v) is 4.36. The van der Waals surface area contributed by atoms with Crippen LogP contribution in [0.5, 0.6) is 11.5 Å². The number of nitrogen functional groups attached to an aromatic ring is 1. The van der Waals surface area contributed by atoms with Crippen molar-refractivity contribution in [2.24, 2.45) is 0 Å². The molecule has 1 saturated carbocycles. The quantitative estimate of drug-likeness (QED) is 0.536. The van der Waals surface area contributed by atoms with Crippen molar-refractivity contribution in [1.82, 2.24) is 4.90 Å². The molecule has 2 aromatic rings. The summed E-state index contributed by atoms with van der Waals surface area (Å²) in [6, 6.07) is 9.61. The number of carbonyl (C=O) groups is 2. The number of methoxy groups -OCH3 is 1. The molecular weight excluding hydrogens is 384 g/mol. The third-order valence-electron chi connectivity index (χ3n) is 5.86. The van der Waals surface area contributed by atoms with Gasteiger partial charge in [-0.25, -0.2) is 0 Å². The number of nitrogens with zero attached hydrogens (tertiary/aromatic N) is 1. The van der Waals surface area contributed by atoms with Gasteiger partial charge in [0.25, 0.3) is 11.8 Å². The normalized spacial score (nSPS) is 17.3. The number of amides is 2. The second kappa shape index (κ2) is 8.36. The second-order valence-electron chi connectivity index (χ2n) is 7.71. The van der Waals surface area contributed by atoms with Crippen LogP contribution in [0.15, 0.2) is 36.4 Å². The Hall–Kier alpha value is -3.06. The topological polar surface area (TPSA) is 102 Å². The van der Waals surface area contributed by atoms with Crippen molar-refractivity contribution in [3.8, 4) is 11.5 Å². The number of anilines is 1. The minimum Gasteiger partial charge on any atom is -0.493 e. The van der Waals surface area contributed by atoms with Gasteiger partial charge in [0, 0.05) is 12.3 Å². The standard InChI is InChI=1S/C23H26N2O5/c1-29-19-10-9-14(13-20(19)30-15-5-2-3-6-15)18(11-12-26)25-22(27)16-7-4-8-17(24)21(16)23(25)28/h4,7-10,13,15,18,26H,2-3,5-6,11-12,24H2,1H3. The molecule has 3 N–H and O–H groups in total. The predicted octanol–water partition coefficient (Wildman–Crippen LogP) is 3.32. The molecule has 1 aliphatic heterocycles. The lowest BCUT2D eigenvalue weighted by Gasteiger charge is -2.27.